The van der Waals surface area contributed by atoms with Crippen molar-refractivity contribution < 1.29 is 46.0 Å². The number of aryl methyl sites for hydroxylation is 2. The van der Waals surface area contributed by atoms with Gasteiger partial charge in [-0.2, -0.15) is 0 Å². The van der Waals surface area contributed by atoms with Crippen LogP contribution < -0.4 is 0 Å². The molecule has 6 rings (SSSR count). The van der Waals surface area contributed by atoms with E-state index in [0.29, 0.717) is 21.9 Å². The first kappa shape index (κ1) is 42.3. The number of rotatable bonds is 8. The van der Waals surface area contributed by atoms with Crippen LogP contribution >= 0.6 is 0 Å². The number of fused-ring (bicyclic) bond motifs is 2. The number of phenols is 2. The van der Waals surface area contributed by atoms with Crippen molar-refractivity contribution in [3.8, 4) is 11.5 Å². The average Bonchev–Trinajstić information content (AvgIpc) is 3.11. The molecule has 0 spiro atoms. The fourth-order valence-electron chi connectivity index (χ4n) is 4.91. The number of hydrogen-bond acceptors (Lipinski definition) is 16. The Kier molecular flexibility index (Phi) is 13.0. The summed E-state index contributed by atoms with van der Waals surface area (Å²) >= 11 is 0. The quantitative estimate of drug-likeness (QED) is 0.0489. The first-order valence-electron chi connectivity index (χ1n) is 15.1. The number of aromatic hydroxyl groups is 2. The van der Waals surface area contributed by atoms with E-state index in [2.05, 4.69) is 20.5 Å². The summed E-state index contributed by atoms with van der Waals surface area (Å²) in [5.74, 6) is -0.565. The van der Waals surface area contributed by atoms with Crippen LogP contribution in [0.25, 0.3) is 21.5 Å². The van der Waals surface area contributed by atoms with Crippen LogP contribution in [0.2, 0.25) is 0 Å². The second-order valence-corrected chi connectivity index (χ2v) is 14.2. The summed E-state index contributed by atoms with van der Waals surface area (Å²) in [5.41, 5.74) is 1.22. The molecule has 2 N–H and O–H groups in total. The van der Waals surface area contributed by atoms with Gasteiger partial charge in [-0.15, -0.1) is 20.5 Å². The van der Waals surface area contributed by atoms with Gasteiger partial charge >= 0.3 is 37.7 Å². The number of benzene rings is 6. The van der Waals surface area contributed by atoms with Gasteiger partial charge < -0.3 is 19.3 Å². The van der Waals surface area contributed by atoms with Crippen LogP contribution in [-0.4, -0.2) is 83.7 Å². The smallest absolute Gasteiger partial charge is 0.744 e. The number of nitrogens with zero attached hydrogens (tertiary/aromatic N) is 6. The van der Waals surface area contributed by atoms with E-state index < -0.39 is 39.9 Å². The van der Waals surface area contributed by atoms with Crippen molar-refractivity contribution in [1.82, 2.24) is 0 Å². The Bertz CT molecular complexity index is 2610. The Morgan fingerprint density at radius 3 is 1.20 bits per heavy atom. The minimum Gasteiger partial charge on any atom is -0.744 e. The van der Waals surface area contributed by atoms with Gasteiger partial charge in [0, 0.05) is 35.0 Å². The van der Waals surface area contributed by atoms with Crippen LogP contribution in [0.4, 0.5) is 34.1 Å². The van der Waals surface area contributed by atoms with E-state index in [1.165, 1.54) is 72.8 Å². The molecule has 0 fully saturated rings. The molecule has 0 saturated heterocycles. The normalized spacial score (nSPS) is 11.7. The third-order valence-corrected chi connectivity index (χ3v) is 9.45. The molecule has 0 radical (unpaired) electrons. The Morgan fingerprint density at radius 2 is 0.873 bits per heavy atom. The topological polar surface area (TPSA) is 291 Å². The SMILES string of the molecule is Cc1ccc([N+](=O)[O-])cc1N=Nc1c(O)ccc2ccc(S(=O)(=O)[O-])cc12.Cc1ccc([N+](=O)[O-])cc1N=Nc1c(O)ccc2ccc(S(=O)(=O)[O-])cc12.[Ca+2]. The van der Waals surface area contributed by atoms with Gasteiger partial charge in [0.15, 0.2) is 0 Å². The number of non-ortho nitro benzene ring substituents is 2. The molecule has 6 aromatic rings. The molecule has 0 bridgehead atoms. The van der Waals surface area contributed by atoms with Gasteiger partial charge in [-0.1, -0.05) is 36.4 Å². The van der Waals surface area contributed by atoms with Crippen LogP contribution in [0.15, 0.2) is 127 Å². The minimum atomic E-state index is -4.69. The van der Waals surface area contributed by atoms with E-state index in [0.717, 1.165) is 24.3 Å². The Morgan fingerprint density at radius 1 is 0.527 bits per heavy atom. The van der Waals surface area contributed by atoms with Crippen molar-refractivity contribution in [2.75, 3.05) is 0 Å². The predicted molar refractivity (Wildman–Crippen MR) is 197 cm³/mol. The zero-order valence-corrected chi connectivity index (χ0v) is 32.3. The van der Waals surface area contributed by atoms with E-state index in [-0.39, 0.29) is 94.1 Å². The zero-order valence-electron chi connectivity index (χ0n) is 28.4. The van der Waals surface area contributed by atoms with E-state index in [1.54, 1.807) is 13.8 Å². The average molecular weight is 813 g/mol. The number of nitro groups is 2. The Balaban J connectivity index is 0.000000240. The van der Waals surface area contributed by atoms with Gasteiger partial charge in [0.2, 0.25) is 0 Å². The van der Waals surface area contributed by atoms with Crippen molar-refractivity contribution in [3.63, 3.8) is 0 Å². The van der Waals surface area contributed by atoms with Gasteiger partial charge in [-0.25, -0.2) is 16.8 Å². The molecular formula is C34H24CaN6O12S2. The monoisotopic (exact) mass is 812 g/mol. The molecule has 0 heterocycles. The van der Waals surface area contributed by atoms with Crippen molar-refractivity contribution in [3.05, 3.63) is 128 Å². The molecule has 0 aromatic heterocycles. The summed E-state index contributed by atoms with van der Waals surface area (Å²) in [7, 11) is -9.38. The fraction of sp³-hybridized carbons (Fsp3) is 0.0588. The van der Waals surface area contributed by atoms with Crippen LogP contribution in [0.3, 0.4) is 0 Å². The molecule has 55 heavy (non-hydrogen) atoms. The molecule has 6 aromatic carbocycles. The van der Waals surface area contributed by atoms with Crippen molar-refractivity contribution >= 4 is 114 Å². The van der Waals surface area contributed by atoms with Crippen LogP contribution in [-0.2, 0) is 20.2 Å². The summed E-state index contributed by atoms with van der Waals surface area (Å²) in [5, 5.41) is 59.3. The zero-order chi connectivity index (χ0) is 39.5. The second kappa shape index (κ2) is 16.9. The molecular weight excluding hydrogens is 789 g/mol. The van der Waals surface area contributed by atoms with Crippen molar-refractivity contribution in [2.24, 2.45) is 20.5 Å². The van der Waals surface area contributed by atoms with Gasteiger partial charge in [0.05, 0.1) is 31.0 Å². The second-order valence-electron chi connectivity index (χ2n) is 11.4. The Hall–Kier alpha value is -5.48. The summed E-state index contributed by atoms with van der Waals surface area (Å²) in [4.78, 5) is 19.7. The summed E-state index contributed by atoms with van der Waals surface area (Å²) in [6.07, 6.45) is 0. The maximum absolute atomic E-state index is 11.3. The van der Waals surface area contributed by atoms with Gasteiger partial charge in [0.1, 0.15) is 43.1 Å². The van der Waals surface area contributed by atoms with E-state index in [4.69, 9.17) is 0 Å². The number of azo groups is 2. The Labute approximate surface area is 341 Å². The minimum absolute atomic E-state index is 0. The van der Waals surface area contributed by atoms with Gasteiger partial charge in [-0.05, 0) is 72.1 Å². The van der Waals surface area contributed by atoms with E-state index >= 15 is 0 Å². The number of hydrogen-bond donors (Lipinski definition) is 2. The number of phenolic OH excluding ortho intramolecular Hbond substituents is 2. The maximum atomic E-state index is 11.3. The molecule has 0 atom stereocenters. The summed E-state index contributed by atoms with van der Waals surface area (Å²) in [6, 6.07) is 21.3. The molecule has 276 valence electrons. The van der Waals surface area contributed by atoms with Crippen LogP contribution in [0, 0.1) is 34.1 Å². The van der Waals surface area contributed by atoms with Crippen LogP contribution in [0.5, 0.6) is 11.5 Å². The van der Waals surface area contributed by atoms with E-state index in [9.17, 15) is 56.4 Å². The molecule has 0 unspecified atom stereocenters. The maximum Gasteiger partial charge on any atom is 2.00 e. The molecule has 0 saturated carbocycles. The first-order chi connectivity index (χ1) is 25.3. The van der Waals surface area contributed by atoms with Crippen LogP contribution in [0.1, 0.15) is 11.1 Å². The third-order valence-electron chi connectivity index (χ3n) is 7.79. The molecule has 18 nitrogen and oxygen atoms in total. The summed E-state index contributed by atoms with van der Waals surface area (Å²) < 4.78 is 67.6. The molecule has 0 aliphatic heterocycles. The summed E-state index contributed by atoms with van der Waals surface area (Å²) in [6.45, 7) is 3.37. The van der Waals surface area contributed by atoms with Gasteiger partial charge in [-0.3, -0.25) is 20.2 Å². The molecule has 21 heteroatoms. The first-order valence-corrected chi connectivity index (χ1v) is 17.9. The predicted octanol–water partition coefficient (Wildman–Crippen LogP) is 7.78. The van der Waals surface area contributed by atoms with Crippen molar-refractivity contribution in [2.45, 2.75) is 23.6 Å². The van der Waals surface area contributed by atoms with E-state index in [1.807, 2.05) is 0 Å². The molecule has 0 aliphatic carbocycles. The fourth-order valence-corrected chi connectivity index (χ4v) is 5.90. The standard InChI is InChI=1S/2C17H13N3O6S.Ca/c2*1-10-2-5-12(20(22)23)8-15(10)18-19-17-14-9-13(27(24,25)26)6-3-11(14)4-7-16(17)21;/h2*2-9,21H,1H3,(H,24,25,26);/q;;+2/p-2. The molecule has 0 amide bonds. The van der Waals surface area contributed by atoms with Crippen molar-refractivity contribution in [1.29, 1.82) is 0 Å². The number of nitro benzene ring substituents is 2. The largest absolute Gasteiger partial charge is 2.00 e. The van der Waals surface area contributed by atoms with Gasteiger partial charge in [0.25, 0.3) is 11.4 Å². The third kappa shape index (κ3) is 9.99. The molecule has 0 aliphatic rings.